The Bertz CT molecular complexity index is 1050. The number of carbonyl (C=O) groups excluding carboxylic acids is 2. The van der Waals surface area contributed by atoms with Gasteiger partial charge in [-0.3, -0.25) is 9.59 Å². The van der Waals surface area contributed by atoms with Crippen LogP contribution < -0.4 is 10.7 Å². The van der Waals surface area contributed by atoms with Crippen LogP contribution in [0.25, 0.3) is 5.69 Å². The predicted molar refractivity (Wildman–Crippen MR) is 119 cm³/mol. The minimum absolute atomic E-state index is 0.271. The highest BCUT2D eigenvalue weighted by atomic mass is 16.2. The molecule has 0 aliphatic rings. The summed E-state index contributed by atoms with van der Waals surface area (Å²) in [4.78, 5) is 23.9. The van der Waals surface area contributed by atoms with Crippen LogP contribution in [0.3, 0.4) is 0 Å². The van der Waals surface area contributed by atoms with Gasteiger partial charge >= 0.3 is 0 Å². The smallest absolute Gasteiger partial charge is 0.249 e. The lowest BCUT2D eigenvalue weighted by Gasteiger charge is -2.09. The van der Waals surface area contributed by atoms with E-state index in [9.17, 15) is 9.59 Å². The van der Waals surface area contributed by atoms with E-state index < -0.39 is 5.91 Å². The minimum Gasteiger partial charge on any atom is -0.352 e. The van der Waals surface area contributed by atoms with E-state index in [2.05, 4.69) is 51.6 Å². The van der Waals surface area contributed by atoms with Gasteiger partial charge in [0.05, 0.1) is 6.21 Å². The summed E-state index contributed by atoms with van der Waals surface area (Å²) < 4.78 is 2.14. The second kappa shape index (κ2) is 9.69. The molecule has 0 fully saturated rings. The summed E-state index contributed by atoms with van der Waals surface area (Å²) in [6, 6.07) is 19.9. The van der Waals surface area contributed by atoms with Gasteiger partial charge in [-0.25, -0.2) is 5.43 Å². The van der Waals surface area contributed by atoms with E-state index in [-0.39, 0.29) is 12.3 Å². The van der Waals surface area contributed by atoms with Gasteiger partial charge in [0, 0.05) is 29.2 Å². The molecular formula is C24H26N4O2. The number of rotatable bonds is 7. The van der Waals surface area contributed by atoms with Crippen LogP contribution in [0.1, 0.15) is 34.5 Å². The van der Waals surface area contributed by atoms with E-state index in [4.69, 9.17) is 0 Å². The van der Waals surface area contributed by atoms with Gasteiger partial charge < -0.3 is 9.88 Å². The molecule has 2 amide bonds. The monoisotopic (exact) mass is 402 g/mol. The summed E-state index contributed by atoms with van der Waals surface area (Å²) in [5.74, 6) is -0.798. The lowest BCUT2D eigenvalue weighted by Crippen LogP contribution is -2.29. The Kier molecular flexibility index (Phi) is 6.80. The maximum absolute atomic E-state index is 12.0. The van der Waals surface area contributed by atoms with Crippen molar-refractivity contribution in [3.63, 3.8) is 0 Å². The van der Waals surface area contributed by atoms with Gasteiger partial charge in [-0.1, -0.05) is 48.0 Å². The van der Waals surface area contributed by atoms with Gasteiger partial charge in [-0.2, -0.15) is 5.10 Å². The number of aryl methyl sites for hydroxylation is 2. The lowest BCUT2D eigenvalue weighted by atomic mass is 10.2. The van der Waals surface area contributed by atoms with Gasteiger partial charge in [-0.15, -0.1) is 0 Å². The molecule has 0 spiro atoms. The molecule has 1 heterocycles. The van der Waals surface area contributed by atoms with E-state index in [1.807, 2.05) is 50.2 Å². The largest absolute Gasteiger partial charge is 0.352 e. The van der Waals surface area contributed by atoms with Crippen LogP contribution in [0, 0.1) is 20.8 Å². The zero-order valence-corrected chi connectivity index (χ0v) is 17.5. The Hall–Kier alpha value is -3.67. The molecule has 3 aromatic rings. The summed E-state index contributed by atoms with van der Waals surface area (Å²) in [5, 5.41) is 6.74. The van der Waals surface area contributed by atoms with Crippen LogP contribution in [0.4, 0.5) is 0 Å². The maximum atomic E-state index is 12.0. The topological polar surface area (TPSA) is 75.5 Å². The number of hydrogen-bond donors (Lipinski definition) is 2. The molecule has 1 aromatic heterocycles. The van der Waals surface area contributed by atoms with E-state index in [0.29, 0.717) is 6.54 Å². The molecule has 3 rings (SSSR count). The average Bonchev–Trinajstić information content (AvgIpc) is 3.01. The average molecular weight is 402 g/mol. The first-order valence-electron chi connectivity index (χ1n) is 9.82. The van der Waals surface area contributed by atoms with Crippen LogP contribution in [0.15, 0.2) is 65.8 Å². The lowest BCUT2D eigenvalue weighted by molar-refractivity contribution is -0.129. The second-order valence-electron chi connectivity index (χ2n) is 7.23. The van der Waals surface area contributed by atoms with Crippen molar-refractivity contribution in [2.75, 3.05) is 0 Å². The SMILES string of the molecule is Cc1ccc(-n2c(C)cc(/C=N/NC(=O)CC(=O)NCc3ccccc3)c2C)cc1. The third kappa shape index (κ3) is 5.44. The van der Waals surface area contributed by atoms with Gasteiger partial charge in [0.25, 0.3) is 0 Å². The number of nitrogens with one attached hydrogen (secondary N) is 2. The van der Waals surface area contributed by atoms with Crippen LogP contribution in [0.2, 0.25) is 0 Å². The van der Waals surface area contributed by atoms with Crippen LogP contribution in [-0.4, -0.2) is 22.6 Å². The molecule has 30 heavy (non-hydrogen) atoms. The maximum Gasteiger partial charge on any atom is 0.249 e. The summed E-state index contributed by atoms with van der Waals surface area (Å²) in [6.07, 6.45) is 1.33. The van der Waals surface area contributed by atoms with Gasteiger partial charge in [-0.05, 0) is 44.5 Å². The summed E-state index contributed by atoms with van der Waals surface area (Å²) in [6.45, 7) is 6.48. The molecule has 0 aliphatic heterocycles. The Morgan fingerprint density at radius 1 is 0.967 bits per heavy atom. The third-order valence-electron chi connectivity index (χ3n) is 4.81. The first kappa shape index (κ1) is 21.0. The van der Waals surface area contributed by atoms with Crippen LogP contribution in [0.5, 0.6) is 0 Å². The Morgan fingerprint density at radius 3 is 2.37 bits per heavy atom. The van der Waals surface area contributed by atoms with Crippen molar-refractivity contribution in [1.29, 1.82) is 0 Å². The number of nitrogens with zero attached hydrogens (tertiary/aromatic N) is 2. The molecule has 2 aromatic carbocycles. The fourth-order valence-corrected chi connectivity index (χ4v) is 3.23. The van der Waals surface area contributed by atoms with Gasteiger partial charge in [0.2, 0.25) is 11.8 Å². The highest BCUT2D eigenvalue weighted by molar-refractivity contribution is 5.97. The van der Waals surface area contributed by atoms with Crippen LogP contribution in [-0.2, 0) is 16.1 Å². The van der Waals surface area contributed by atoms with Crippen molar-refractivity contribution < 1.29 is 9.59 Å². The number of carbonyl (C=O) groups is 2. The molecule has 0 radical (unpaired) electrons. The van der Waals surface area contributed by atoms with Gasteiger partial charge in [0.1, 0.15) is 6.42 Å². The first-order valence-corrected chi connectivity index (χ1v) is 9.82. The van der Waals surface area contributed by atoms with Crippen molar-refractivity contribution in [2.45, 2.75) is 33.7 Å². The Morgan fingerprint density at radius 2 is 1.67 bits per heavy atom. The summed E-state index contributed by atoms with van der Waals surface area (Å²) >= 11 is 0. The molecule has 0 bridgehead atoms. The number of amides is 2. The Balaban J connectivity index is 1.55. The molecule has 0 saturated heterocycles. The van der Waals surface area contributed by atoms with Crippen molar-refractivity contribution in [2.24, 2.45) is 5.10 Å². The normalized spacial score (nSPS) is 10.9. The Labute approximate surface area is 176 Å². The molecule has 0 atom stereocenters. The van der Waals surface area contributed by atoms with Gasteiger partial charge in [0.15, 0.2) is 0 Å². The number of hydrazone groups is 1. The standard InChI is InChI=1S/C24H26N4O2/c1-17-9-11-22(12-10-17)28-18(2)13-21(19(28)3)16-26-27-24(30)14-23(29)25-15-20-7-5-4-6-8-20/h4-13,16H,14-15H2,1-3H3,(H,25,29)(H,27,30)/b26-16+. The molecule has 154 valence electrons. The zero-order valence-electron chi connectivity index (χ0n) is 17.5. The molecule has 6 heteroatoms. The third-order valence-corrected chi connectivity index (χ3v) is 4.81. The molecule has 0 saturated carbocycles. The van der Waals surface area contributed by atoms with Crippen molar-refractivity contribution in [3.05, 3.63) is 88.7 Å². The van der Waals surface area contributed by atoms with E-state index in [1.54, 1.807) is 6.21 Å². The minimum atomic E-state index is -0.454. The second-order valence-corrected chi connectivity index (χ2v) is 7.23. The molecule has 2 N–H and O–H groups in total. The van der Waals surface area contributed by atoms with Crippen molar-refractivity contribution in [3.8, 4) is 5.69 Å². The first-order chi connectivity index (χ1) is 14.4. The van der Waals surface area contributed by atoms with E-state index >= 15 is 0 Å². The quantitative estimate of drug-likeness (QED) is 0.360. The van der Waals surface area contributed by atoms with Crippen molar-refractivity contribution >= 4 is 18.0 Å². The van der Waals surface area contributed by atoms with Crippen LogP contribution >= 0.6 is 0 Å². The van der Waals surface area contributed by atoms with Crippen molar-refractivity contribution in [1.82, 2.24) is 15.3 Å². The number of benzene rings is 2. The number of aromatic nitrogens is 1. The molecule has 0 unspecified atom stereocenters. The number of hydrogen-bond acceptors (Lipinski definition) is 3. The predicted octanol–water partition coefficient (Wildman–Crippen LogP) is 3.56. The zero-order chi connectivity index (χ0) is 21.5. The van der Waals surface area contributed by atoms with E-state index in [1.165, 1.54) is 5.56 Å². The fourth-order valence-electron chi connectivity index (χ4n) is 3.23. The molecule has 6 nitrogen and oxygen atoms in total. The highest BCUT2D eigenvalue weighted by Crippen LogP contribution is 2.20. The van der Waals surface area contributed by atoms with E-state index in [0.717, 1.165) is 28.2 Å². The molecular weight excluding hydrogens is 376 g/mol. The summed E-state index contributed by atoms with van der Waals surface area (Å²) in [7, 11) is 0. The summed E-state index contributed by atoms with van der Waals surface area (Å²) in [5.41, 5.74) is 8.69. The highest BCUT2D eigenvalue weighted by Gasteiger charge is 2.10. The fraction of sp³-hybridized carbons (Fsp3) is 0.208. The molecule has 0 aliphatic carbocycles.